The molecule has 1 aromatic heterocycles. The first-order valence-electron chi connectivity index (χ1n) is 19.0. The minimum absolute atomic E-state index is 0.0821. The lowest BCUT2D eigenvalue weighted by molar-refractivity contribution is -0.0587. The molecule has 0 bridgehead atoms. The minimum Gasteiger partial charge on any atom is -0.352 e. The first-order chi connectivity index (χ1) is 23.6. The number of aryl methyl sites for hydroxylation is 1. The van der Waals surface area contributed by atoms with Gasteiger partial charge in [0.25, 0.3) is 5.56 Å². The van der Waals surface area contributed by atoms with E-state index in [0.717, 1.165) is 36.5 Å². The Bertz CT molecular complexity index is 1650. The number of nitrogens with one attached hydrogen (secondary N) is 1. The zero-order valence-electron chi connectivity index (χ0n) is 30.8. The van der Waals surface area contributed by atoms with Crippen LogP contribution in [0.15, 0.2) is 32.5 Å². The average molecular weight is 716 g/mol. The van der Waals surface area contributed by atoms with Crippen LogP contribution in [0.5, 0.6) is 0 Å². The molecule has 278 valence electrons. The lowest BCUT2D eigenvalue weighted by atomic mass is 9.47. The van der Waals surface area contributed by atoms with Crippen LogP contribution in [0.3, 0.4) is 0 Å². The number of allylic oxidation sites excluding steroid dienone is 1. The molecule has 0 radical (unpaired) electrons. The second-order valence-electron chi connectivity index (χ2n) is 17.1. The normalized spacial score (nSPS) is 38.4. The Balaban J connectivity index is 1.06. The van der Waals surface area contributed by atoms with Gasteiger partial charge in [0.05, 0.1) is 24.9 Å². The highest BCUT2D eigenvalue weighted by Crippen LogP contribution is 2.67. The van der Waals surface area contributed by atoms with Gasteiger partial charge in [-0.15, -0.1) is 0 Å². The summed E-state index contributed by atoms with van der Waals surface area (Å²) in [5, 5.41) is 3.78. The van der Waals surface area contributed by atoms with Crippen molar-refractivity contribution in [2.45, 2.75) is 143 Å². The van der Waals surface area contributed by atoms with E-state index < -0.39 is 43.5 Å². The average Bonchev–Trinajstić information content (AvgIpc) is 3.62. The Hall–Kier alpha value is -2.20. The molecule has 1 aliphatic heterocycles. The molecule has 0 spiro atoms. The molecule has 1 saturated heterocycles. The van der Waals surface area contributed by atoms with Gasteiger partial charge in [-0.05, 0) is 110 Å². The first kappa shape index (κ1) is 37.6. The van der Waals surface area contributed by atoms with Gasteiger partial charge in [-0.25, -0.2) is 9.36 Å². The Morgan fingerprint density at radius 1 is 1.16 bits per heavy atom. The lowest BCUT2D eigenvalue weighted by Crippen LogP contribution is -2.51. The molecule has 3 saturated carbocycles. The van der Waals surface area contributed by atoms with Crippen molar-refractivity contribution >= 4 is 7.82 Å². The quantitative estimate of drug-likeness (QED) is 0.0720. The van der Waals surface area contributed by atoms with Crippen LogP contribution in [0.4, 0.5) is 0 Å². The van der Waals surface area contributed by atoms with Crippen molar-refractivity contribution in [3.8, 4) is 0 Å². The maximum atomic E-state index is 13.2. The molecule has 6 rings (SSSR count). The zero-order chi connectivity index (χ0) is 36.0. The second kappa shape index (κ2) is 14.7. The summed E-state index contributed by atoms with van der Waals surface area (Å²) in [6.45, 7) is 13.4. The number of nitrogens with zero attached hydrogens (tertiary/aromatic N) is 4. The number of rotatable bonds is 12. The number of hydrogen-bond acceptors (Lipinski definition) is 7. The van der Waals surface area contributed by atoms with E-state index in [-0.39, 0.29) is 18.4 Å². The highest BCUT2D eigenvalue weighted by molar-refractivity contribution is 7.47. The van der Waals surface area contributed by atoms with Crippen LogP contribution in [0, 0.1) is 53.3 Å². The van der Waals surface area contributed by atoms with Gasteiger partial charge < -0.3 is 9.63 Å². The van der Waals surface area contributed by atoms with E-state index in [0.29, 0.717) is 35.7 Å². The minimum atomic E-state index is -4.48. The summed E-state index contributed by atoms with van der Waals surface area (Å²) in [5.74, 6) is 4.49. The summed E-state index contributed by atoms with van der Waals surface area (Å²) >= 11 is 0. The maximum Gasteiger partial charge on any atom is 0.472 e. The van der Waals surface area contributed by atoms with Gasteiger partial charge in [0.2, 0.25) is 0 Å². The zero-order valence-corrected chi connectivity index (χ0v) is 31.6. The molecule has 2 heterocycles. The molecule has 13 heteroatoms. The summed E-state index contributed by atoms with van der Waals surface area (Å²) in [4.78, 5) is 40.2. The van der Waals surface area contributed by atoms with Crippen molar-refractivity contribution in [3.05, 3.63) is 54.7 Å². The van der Waals surface area contributed by atoms with Crippen LogP contribution in [0.2, 0.25) is 0 Å². The van der Waals surface area contributed by atoms with Crippen molar-refractivity contribution in [1.82, 2.24) is 9.55 Å². The maximum absolute atomic E-state index is 13.2. The van der Waals surface area contributed by atoms with E-state index >= 15 is 0 Å². The number of aromatic nitrogens is 2. The Kier molecular flexibility index (Phi) is 11.0. The predicted octanol–water partition coefficient (Wildman–Crippen LogP) is 8.36. The SMILES string of the molecule is Cc1cn([C@H]2C[C@H](N=[N+]=[N-])[C@@H](COP(=O)(O)O[C@H]3CC[C@@]4(C)C(=CC[C@H]5[C@@H]6CC[C@H]([C@H](C)CCCC(C)C)[C@@]6(C)CC[C@@H]54)C3)O2)c(=O)[nH]c1=O. The predicted molar refractivity (Wildman–Crippen MR) is 191 cm³/mol. The van der Waals surface area contributed by atoms with E-state index in [1.807, 2.05) is 0 Å². The molecule has 4 aliphatic carbocycles. The summed E-state index contributed by atoms with van der Waals surface area (Å²) in [5.41, 5.74) is 10.1. The standard InChI is InChI=1S/C37H58N5O7P/c1-22(2)8-7-9-23(3)28-12-13-29-27-11-10-25-18-26(14-16-36(25,5)30(27)15-17-37(28,29)6)49-50(45,46)47-21-32-31(40-41-38)19-33(48-32)42-20-24(4)34(43)39-35(42)44/h10,20,22-23,26-33H,7-9,11-19,21H2,1-6H3,(H,45,46)(H,39,43,44)/t23-,26+,27+,28-,29+,30+,31+,32-,33-,36+,37-/m1/s1. The fourth-order valence-corrected chi connectivity index (χ4v) is 12.1. The van der Waals surface area contributed by atoms with Crippen LogP contribution < -0.4 is 11.2 Å². The van der Waals surface area contributed by atoms with Crippen molar-refractivity contribution in [2.75, 3.05) is 6.61 Å². The number of aromatic amines is 1. The summed E-state index contributed by atoms with van der Waals surface area (Å²) in [6.07, 6.45) is 14.4. The molecule has 0 amide bonds. The Morgan fingerprint density at radius 3 is 2.68 bits per heavy atom. The smallest absolute Gasteiger partial charge is 0.352 e. The van der Waals surface area contributed by atoms with E-state index in [1.165, 1.54) is 61.3 Å². The lowest BCUT2D eigenvalue weighted by Gasteiger charge is -2.58. The second-order valence-corrected chi connectivity index (χ2v) is 18.5. The molecule has 50 heavy (non-hydrogen) atoms. The van der Waals surface area contributed by atoms with Crippen LogP contribution in [0.25, 0.3) is 10.4 Å². The van der Waals surface area contributed by atoms with Crippen LogP contribution in [0.1, 0.15) is 123 Å². The first-order valence-corrected chi connectivity index (χ1v) is 20.5. The molecule has 1 aromatic rings. The van der Waals surface area contributed by atoms with Crippen LogP contribution in [-0.4, -0.2) is 39.3 Å². The molecular weight excluding hydrogens is 657 g/mol. The van der Waals surface area contributed by atoms with Crippen molar-refractivity contribution in [1.29, 1.82) is 0 Å². The van der Waals surface area contributed by atoms with Crippen molar-refractivity contribution < 1.29 is 23.2 Å². The monoisotopic (exact) mass is 715 g/mol. The van der Waals surface area contributed by atoms with Crippen molar-refractivity contribution in [3.63, 3.8) is 0 Å². The van der Waals surface area contributed by atoms with Gasteiger partial charge in [-0.1, -0.05) is 70.6 Å². The van der Waals surface area contributed by atoms with Gasteiger partial charge >= 0.3 is 13.5 Å². The van der Waals surface area contributed by atoms with E-state index in [2.05, 4.69) is 55.7 Å². The highest BCUT2D eigenvalue weighted by Gasteiger charge is 2.59. The molecule has 12 nitrogen and oxygen atoms in total. The third kappa shape index (κ3) is 7.35. The largest absolute Gasteiger partial charge is 0.472 e. The van der Waals surface area contributed by atoms with Gasteiger partial charge in [0.1, 0.15) is 6.23 Å². The van der Waals surface area contributed by atoms with E-state index in [4.69, 9.17) is 19.3 Å². The molecule has 4 fully saturated rings. The summed E-state index contributed by atoms with van der Waals surface area (Å²) < 4.78 is 31.6. The molecule has 5 aliphatic rings. The molecule has 2 N–H and O–H groups in total. The van der Waals surface area contributed by atoms with Gasteiger partial charge in [0, 0.05) is 23.1 Å². The van der Waals surface area contributed by atoms with Crippen LogP contribution in [-0.2, 0) is 18.3 Å². The topological polar surface area (TPSA) is 169 Å². The Morgan fingerprint density at radius 2 is 1.94 bits per heavy atom. The number of azide groups is 1. The van der Waals surface area contributed by atoms with E-state index in [1.54, 1.807) is 6.92 Å². The van der Waals surface area contributed by atoms with Gasteiger partial charge in [0.15, 0.2) is 0 Å². The number of fused-ring (bicyclic) bond motifs is 5. The number of hydrogen-bond donors (Lipinski definition) is 2. The van der Waals surface area contributed by atoms with E-state index in [9.17, 15) is 19.0 Å². The fourth-order valence-electron chi connectivity index (χ4n) is 11.2. The van der Waals surface area contributed by atoms with Crippen molar-refractivity contribution in [2.24, 2.45) is 51.5 Å². The molecule has 1 unspecified atom stereocenters. The van der Waals surface area contributed by atoms with Gasteiger partial charge in [-0.2, -0.15) is 0 Å². The van der Waals surface area contributed by atoms with Gasteiger partial charge in [-0.3, -0.25) is 23.4 Å². The summed E-state index contributed by atoms with van der Waals surface area (Å²) in [6, 6.07) is -0.750. The number of phosphoric acid groups is 1. The number of H-pyrrole nitrogens is 1. The number of ether oxygens (including phenoxy) is 1. The highest BCUT2D eigenvalue weighted by atomic mass is 31.2. The molecule has 0 aromatic carbocycles. The fraction of sp³-hybridized carbons (Fsp3) is 0.838. The third-order valence-electron chi connectivity index (χ3n) is 13.8. The Labute approximate surface area is 296 Å². The summed E-state index contributed by atoms with van der Waals surface area (Å²) in [7, 11) is -4.48. The third-order valence-corrected chi connectivity index (χ3v) is 14.8. The number of phosphoric ester groups is 1. The molecular formula is C37H58N5O7P. The molecule has 12 atom stereocenters. The van der Waals surface area contributed by atoms with Crippen LogP contribution >= 0.6 is 7.82 Å².